The van der Waals surface area contributed by atoms with Crippen molar-refractivity contribution in [2.75, 3.05) is 25.0 Å². The van der Waals surface area contributed by atoms with Crippen molar-refractivity contribution in [3.8, 4) is 0 Å². The van der Waals surface area contributed by atoms with E-state index in [1.54, 1.807) is 0 Å². The summed E-state index contributed by atoms with van der Waals surface area (Å²) in [6, 6.07) is 1.96. The number of hydrogen-bond acceptors (Lipinski definition) is 4. The molecule has 2 rings (SSSR count). The largest absolute Gasteiger partial charge is 0.376 e. The number of nitrogens with two attached hydrogens (primary N) is 1. The molecular weight excluding hydrogens is 279 g/mol. The maximum atomic E-state index is 13.7. The van der Waals surface area contributed by atoms with E-state index >= 15 is 0 Å². The number of nitrogens with one attached hydrogen (secondary N) is 2. The molecule has 0 unspecified atom stereocenters. The number of amides is 4. The number of anilines is 1. The number of primary amides is 1. The summed E-state index contributed by atoms with van der Waals surface area (Å²) in [5.41, 5.74) is 5.67. The van der Waals surface area contributed by atoms with Crippen LogP contribution in [-0.2, 0) is 4.79 Å². The molecule has 1 aliphatic rings. The maximum absolute atomic E-state index is 13.7. The summed E-state index contributed by atoms with van der Waals surface area (Å²) in [6.45, 7) is 2.04. The van der Waals surface area contributed by atoms with Crippen molar-refractivity contribution in [2.45, 2.75) is 6.92 Å². The quantitative estimate of drug-likeness (QED) is 0.737. The van der Waals surface area contributed by atoms with Gasteiger partial charge in [0.1, 0.15) is 5.82 Å². The third-order valence-electron chi connectivity index (χ3n) is 3.22. The number of rotatable bonds is 4. The monoisotopic (exact) mass is 294 g/mol. The second-order valence-corrected chi connectivity index (χ2v) is 4.63. The van der Waals surface area contributed by atoms with Gasteiger partial charge in [0, 0.05) is 29.9 Å². The van der Waals surface area contributed by atoms with Gasteiger partial charge in [-0.15, -0.1) is 0 Å². The van der Waals surface area contributed by atoms with Crippen molar-refractivity contribution in [3.63, 3.8) is 0 Å². The van der Waals surface area contributed by atoms with Crippen molar-refractivity contribution in [3.05, 3.63) is 29.1 Å². The van der Waals surface area contributed by atoms with Crippen LogP contribution >= 0.6 is 0 Å². The molecule has 1 aromatic carbocycles. The molecule has 1 fully saturated rings. The van der Waals surface area contributed by atoms with E-state index < -0.39 is 23.7 Å². The van der Waals surface area contributed by atoms with Crippen LogP contribution in [0, 0.1) is 12.7 Å². The van der Waals surface area contributed by atoms with Gasteiger partial charge in [-0.1, -0.05) is 0 Å². The van der Waals surface area contributed by atoms with Crippen molar-refractivity contribution in [2.24, 2.45) is 5.73 Å². The van der Waals surface area contributed by atoms with Crippen LogP contribution < -0.4 is 16.4 Å². The molecular formula is C13H15FN4O3. The highest BCUT2D eigenvalue weighted by Gasteiger charge is 2.25. The van der Waals surface area contributed by atoms with Gasteiger partial charge in [-0.3, -0.25) is 14.5 Å². The lowest BCUT2D eigenvalue weighted by atomic mass is 10.1. The summed E-state index contributed by atoms with van der Waals surface area (Å²) >= 11 is 0. The number of benzene rings is 1. The molecule has 0 spiro atoms. The highest BCUT2D eigenvalue weighted by molar-refractivity contribution is 5.98. The Kier molecular flexibility index (Phi) is 4.06. The van der Waals surface area contributed by atoms with Crippen LogP contribution in [0.3, 0.4) is 0 Å². The van der Waals surface area contributed by atoms with E-state index in [1.165, 1.54) is 13.0 Å². The number of imide groups is 1. The normalized spacial score (nSPS) is 14.0. The van der Waals surface area contributed by atoms with Crippen LogP contribution in [0.4, 0.5) is 14.9 Å². The van der Waals surface area contributed by atoms with Crippen molar-refractivity contribution < 1.29 is 18.8 Å². The van der Waals surface area contributed by atoms with Crippen LogP contribution in [0.1, 0.15) is 15.9 Å². The Labute approximate surface area is 120 Å². The van der Waals surface area contributed by atoms with Crippen molar-refractivity contribution >= 4 is 23.5 Å². The van der Waals surface area contributed by atoms with E-state index in [9.17, 15) is 18.8 Å². The van der Waals surface area contributed by atoms with E-state index in [1.807, 2.05) is 0 Å². The number of halogens is 1. The zero-order valence-corrected chi connectivity index (χ0v) is 11.4. The summed E-state index contributed by atoms with van der Waals surface area (Å²) < 4.78 is 13.7. The minimum atomic E-state index is -0.762. The first-order valence-corrected chi connectivity index (χ1v) is 6.32. The Morgan fingerprint density at radius 2 is 2.19 bits per heavy atom. The van der Waals surface area contributed by atoms with Gasteiger partial charge in [0.25, 0.3) is 0 Å². The molecule has 21 heavy (non-hydrogen) atoms. The molecule has 8 heteroatoms. The fourth-order valence-electron chi connectivity index (χ4n) is 1.98. The Bertz CT molecular complexity index is 618. The van der Waals surface area contributed by atoms with Crippen molar-refractivity contribution in [1.29, 1.82) is 0 Å². The first-order chi connectivity index (χ1) is 9.90. The summed E-state index contributed by atoms with van der Waals surface area (Å²) in [6.07, 6.45) is 0. The van der Waals surface area contributed by atoms with Crippen LogP contribution in [0.25, 0.3) is 0 Å². The number of urea groups is 1. The minimum Gasteiger partial charge on any atom is -0.376 e. The average molecular weight is 294 g/mol. The third-order valence-corrected chi connectivity index (χ3v) is 3.22. The smallest absolute Gasteiger partial charge is 0.324 e. The fourth-order valence-corrected chi connectivity index (χ4v) is 1.98. The van der Waals surface area contributed by atoms with Gasteiger partial charge in [-0.2, -0.15) is 0 Å². The van der Waals surface area contributed by atoms with Crippen LogP contribution in [-0.4, -0.2) is 42.4 Å². The van der Waals surface area contributed by atoms with Crippen LogP contribution in [0.15, 0.2) is 12.1 Å². The number of nitrogens with zero attached hydrogens (tertiary/aromatic N) is 1. The molecule has 0 bridgehead atoms. The SMILES string of the molecule is Cc1c(F)cc(C(N)=O)cc1NCC(=O)N1CCNC1=O. The molecule has 1 saturated heterocycles. The molecule has 1 aromatic rings. The highest BCUT2D eigenvalue weighted by Crippen LogP contribution is 2.20. The Hall–Kier alpha value is -2.64. The zero-order chi connectivity index (χ0) is 15.6. The molecule has 0 radical (unpaired) electrons. The number of hydrogen-bond donors (Lipinski definition) is 3. The summed E-state index contributed by atoms with van der Waals surface area (Å²) in [7, 11) is 0. The summed E-state index contributed by atoms with van der Waals surface area (Å²) in [5, 5.41) is 5.24. The minimum absolute atomic E-state index is 0.00645. The highest BCUT2D eigenvalue weighted by atomic mass is 19.1. The lowest BCUT2D eigenvalue weighted by Crippen LogP contribution is -2.38. The number of carbonyl (C=O) groups is 3. The van der Waals surface area contributed by atoms with Crippen molar-refractivity contribution in [1.82, 2.24) is 10.2 Å². The van der Waals surface area contributed by atoms with E-state index in [0.29, 0.717) is 13.1 Å². The van der Waals surface area contributed by atoms with Gasteiger partial charge in [-0.05, 0) is 19.1 Å². The summed E-state index contributed by atoms with van der Waals surface area (Å²) in [4.78, 5) is 35.4. The second kappa shape index (κ2) is 5.78. The fraction of sp³-hybridized carbons (Fsp3) is 0.308. The molecule has 4 N–H and O–H groups in total. The first-order valence-electron chi connectivity index (χ1n) is 6.32. The molecule has 0 atom stereocenters. The molecule has 1 heterocycles. The molecule has 0 aliphatic carbocycles. The lowest BCUT2D eigenvalue weighted by Gasteiger charge is -2.15. The molecule has 0 saturated carbocycles. The first kappa shape index (κ1) is 14.8. The van der Waals surface area contributed by atoms with Gasteiger partial charge in [0.15, 0.2) is 0 Å². The lowest BCUT2D eigenvalue weighted by molar-refractivity contribution is -0.125. The number of carbonyl (C=O) groups excluding carboxylic acids is 3. The van der Waals surface area contributed by atoms with Crippen LogP contribution in [0.5, 0.6) is 0 Å². The maximum Gasteiger partial charge on any atom is 0.324 e. The van der Waals surface area contributed by atoms with Gasteiger partial charge in [0.2, 0.25) is 11.8 Å². The Morgan fingerprint density at radius 3 is 2.76 bits per heavy atom. The third kappa shape index (κ3) is 3.10. The molecule has 1 aliphatic heterocycles. The van der Waals surface area contributed by atoms with Gasteiger partial charge in [0.05, 0.1) is 6.54 Å². The van der Waals surface area contributed by atoms with E-state index in [4.69, 9.17) is 5.73 Å². The Balaban J connectivity index is 2.11. The van der Waals surface area contributed by atoms with Crippen LogP contribution in [0.2, 0.25) is 0 Å². The van der Waals surface area contributed by atoms with E-state index in [-0.39, 0.29) is 23.4 Å². The average Bonchev–Trinajstić information content (AvgIpc) is 2.86. The predicted octanol–water partition coefficient (Wildman–Crippen LogP) is 0.197. The predicted molar refractivity (Wildman–Crippen MR) is 73.3 cm³/mol. The van der Waals surface area contributed by atoms with E-state index in [0.717, 1.165) is 11.0 Å². The molecule has 7 nitrogen and oxygen atoms in total. The second-order valence-electron chi connectivity index (χ2n) is 4.63. The van der Waals surface area contributed by atoms with Gasteiger partial charge < -0.3 is 16.4 Å². The van der Waals surface area contributed by atoms with Gasteiger partial charge in [-0.25, -0.2) is 9.18 Å². The standard InChI is InChI=1S/C13H15FN4O3/c1-7-9(14)4-8(12(15)20)5-10(7)17-6-11(19)18-3-2-16-13(18)21/h4-5,17H,2-3,6H2,1H3,(H2,15,20)(H,16,21). The molecule has 112 valence electrons. The zero-order valence-electron chi connectivity index (χ0n) is 11.4. The molecule has 4 amide bonds. The summed E-state index contributed by atoms with van der Waals surface area (Å²) in [5.74, 6) is -1.79. The van der Waals surface area contributed by atoms with Gasteiger partial charge >= 0.3 is 6.03 Å². The van der Waals surface area contributed by atoms with E-state index in [2.05, 4.69) is 10.6 Å². The Morgan fingerprint density at radius 1 is 1.48 bits per heavy atom. The molecule has 0 aromatic heterocycles. The topological polar surface area (TPSA) is 105 Å².